The van der Waals surface area contributed by atoms with Gasteiger partial charge in [-0.3, -0.25) is 4.79 Å². The lowest BCUT2D eigenvalue weighted by Gasteiger charge is -2.19. The van der Waals surface area contributed by atoms with E-state index in [1.807, 2.05) is 6.92 Å². The first-order valence-electron chi connectivity index (χ1n) is 6.36. The molecule has 106 valence electrons. The lowest BCUT2D eigenvalue weighted by Crippen LogP contribution is -2.41. The largest absolute Gasteiger partial charge is 0.480 e. The van der Waals surface area contributed by atoms with E-state index in [9.17, 15) is 9.18 Å². The van der Waals surface area contributed by atoms with Gasteiger partial charge in [-0.25, -0.2) is 4.39 Å². The molecule has 1 aromatic rings. The fourth-order valence-corrected chi connectivity index (χ4v) is 2.12. The minimum Gasteiger partial charge on any atom is -0.480 e. The van der Waals surface area contributed by atoms with Gasteiger partial charge in [0.15, 0.2) is 6.10 Å². The van der Waals surface area contributed by atoms with Gasteiger partial charge in [-0.05, 0) is 54.4 Å². The zero-order valence-electron chi connectivity index (χ0n) is 11.4. The zero-order chi connectivity index (χ0) is 14.4. The average Bonchev–Trinajstić information content (AvgIpc) is 2.32. The molecule has 0 bridgehead atoms. The first kappa shape index (κ1) is 16.0. The van der Waals surface area contributed by atoms with Crippen LogP contribution in [0.4, 0.5) is 4.39 Å². The number of nitrogens with one attached hydrogen (secondary N) is 1. The van der Waals surface area contributed by atoms with Crippen molar-refractivity contribution in [3.63, 3.8) is 0 Å². The zero-order valence-corrected chi connectivity index (χ0v) is 13.0. The molecule has 0 heterocycles. The molecule has 0 aliphatic carbocycles. The molecule has 0 saturated heterocycles. The van der Waals surface area contributed by atoms with Crippen molar-refractivity contribution in [3.05, 3.63) is 28.5 Å². The standard InChI is InChI=1S/C14H19BrFNO2/c1-4-5-9(2)17-14(18)10(3)19-13-7-6-11(16)8-12(13)15/h6-10H,4-5H2,1-3H3,(H,17,18). The average molecular weight is 332 g/mol. The number of rotatable bonds is 6. The number of carbonyl (C=O) groups is 1. The predicted octanol–water partition coefficient (Wildman–Crippen LogP) is 3.66. The maximum atomic E-state index is 12.9. The first-order valence-corrected chi connectivity index (χ1v) is 7.15. The monoisotopic (exact) mass is 331 g/mol. The van der Waals surface area contributed by atoms with Crippen molar-refractivity contribution in [3.8, 4) is 5.75 Å². The Bertz CT molecular complexity index is 439. The van der Waals surface area contributed by atoms with Crippen molar-refractivity contribution < 1.29 is 13.9 Å². The summed E-state index contributed by atoms with van der Waals surface area (Å²) >= 11 is 3.20. The molecular weight excluding hydrogens is 313 g/mol. The third kappa shape index (κ3) is 5.19. The van der Waals surface area contributed by atoms with Gasteiger partial charge in [-0.1, -0.05) is 13.3 Å². The van der Waals surface area contributed by atoms with Gasteiger partial charge in [0.2, 0.25) is 0 Å². The molecule has 2 atom stereocenters. The van der Waals surface area contributed by atoms with Crippen LogP contribution >= 0.6 is 15.9 Å². The van der Waals surface area contributed by atoms with Crippen molar-refractivity contribution in [2.45, 2.75) is 45.8 Å². The van der Waals surface area contributed by atoms with E-state index >= 15 is 0 Å². The predicted molar refractivity (Wildman–Crippen MR) is 76.7 cm³/mol. The number of hydrogen-bond donors (Lipinski definition) is 1. The second-order valence-corrected chi connectivity index (χ2v) is 5.39. The lowest BCUT2D eigenvalue weighted by molar-refractivity contribution is -0.127. The minimum absolute atomic E-state index is 0.125. The molecule has 0 fully saturated rings. The number of benzene rings is 1. The number of amides is 1. The van der Waals surface area contributed by atoms with Crippen LogP contribution in [0.1, 0.15) is 33.6 Å². The first-order chi connectivity index (χ1) is 8.93. The van der Waals surface area contributed by atoms with Gasteiger partial charge in [-0.15, -0.1) is 0 Å². The van der Waals surface area contributed by atoms with Gasteiger partial charge < -0.3 is 10.1 Å². The number of carbonyl (C=O) groups excluding carboxylic acids is 1. The van der Waals surface area contributed by atoms with E-state index in [0.717, 1.165) is 12.8 Å². The normalized spacial score (nSPS) is 13.7. The fraction of sp³-hybridized carbons (Fsp3) is 0.500. The highest BCUT2D eigenvalue weighted by Crippen LogP contribution is 2.26. The van der Waals surface area contributed by atoms with Crippen molar-refractivity contribution >= 4 is 21.8 Å². The molecule has 5 heteroatoms. The van der Waals surface area contributed by atoms with E-state index in [4.69, 9.17) is 4.74 Å². The van der Waals surface area contributed by atoms with Gasteiger partial charge in [0.25, 0.3) is 5.91 Å². The molecule has 0 saturated carbocycles. The second-order valence-electron chi connectivity index (χ2n) is 4.53. The Balaban J connectivity index is 2.58. The van der Waals surface area contributed by atoms with Crippen LogP contribution in [0.5, 0.6) is 5.75 Å². The molecule has 1 rings (SSSR count). The summed E-state index contributed by atoms with van der Waals surface area (Å²) in [4.78, 5) is 11.9. The Labute approximate surface area is 121 Å². The fourth-order valence-electron chi connectivity index (χ4n) is 1.68. The van der Waals surface area contributed by atoms with Crippen LogP contribution in [0.25, 0.3) is 0 Å². The lowest BCUT2D eigenvalue weighted by atomic mass is 10.2. The van der Waals surface area contributed by atoms with Crippen molar-refractivity contribution in [2.75, 3.05) is 0 Å². The number of hydrogen-bond acceptors (Lipinski definition) is 2. The second kappa shape index (κ2) is 7.48. The van der Waals surface area contributed by atoms with Gasteiger partial charge in [0.05, 0.1) is 4.47 Å². The van der Waals surface area contributed by atoms with E-state index in [1.165, 1.54) is 18.2 Å². The molecule has 1 N–H and O–H groups in total. The summed E-state index contributed by atoms with van der Waals surface area (Å²) in [7, 11) is 0. The summed E-state index contributed by atoms with van der Waals surface area (Å²) in [5.41, 5.74) is 0. The summed E-state index contributed by atoms with van der Waals surface area (Å²) in [5.74, 6) is -0.0720. The minimum atomic E-state index is -0.624. The van der Waals surface area contributed by atoms with Crippen molar-refractivity contribution in [2.24, 2.45) is 0 Å². The summed E-state index contributed by atoms with van der Waals surface area (Å²) < 4.78 is 18.9. The quantitative estimate of drug-likeness (QED) is 0.863. The maximum absolute atomic E-state index is 12.9. The number of halogens is 2. The SMILES string of the molecule is CCCC(C)NC(=O)C(C)Oc1ccc(F)cc1Br. The van der Waals surface area contributed by atoms with Crippen LogP contribution in [-0.2, 0) is 4.79 Å². The van der Waals surface area contributed by atoms with Crippen LogP contribution < -0.4 is 10.1 Å². The van der Waals surface area contributed by atoms with Crippen LogP contribution in [0.2, 0.25) is 0 Å². The van der Waals surface area contributed by atoms with E-state index in [1.54, 1.807) is 6.92 Å². The van der Waals surface area contributed by atoms with E-state index in [-0.39, 0.29) is 17.8 Å². The summed E-state index contributed by atoms with van der Waals surface area (Å²) in [6.07, 6.45) is 1.32. The maximum Gasteiger partial charge on any atom is 0.260 e. The van der Waals surface area contributed by atoms with Gasteiger partial charge in [0.1, 0.15) is 11.6 Å². The highest BCUT2D eigenvalue weighted by Gasteiger charge is 2.17. The smallest absolute Gasteiger partial charge is 0.260 e. The molecule has 1 amide bonds. The molecule has 0 spiro atoms. The Morgan fingerprint density at radius 1 is 1.47 bits per heavy atom. The van der Waals surface area contributed by atoms with Crippen LogP contribution in [0.3, 0.4) is 0 Å². The third-order valence-corrected chi connectivity index (χ3v) is 3.30. The molecule has 19 heavy (non-hydrogen) atoms. The topological polar surface area (TPSA) is 38.3 Å². The Kier molecular flexibility index (Phi) is 6.28. The Morgan fingerprint density at radius 3 is 2.74 bits per heavy atom. The van der Waals surface area contributed by atoms with Crippen molar-refractivity contribution in [1.29, 1.82) is 0 Å². The molecule has 2 unspecified atom stereocenters. The molecular formula is C14H19BrFNO2. The van der Waals surface area contributed by atoms with Gasteiger partial charge >= 0.3 is 0 Å². The summed E-state index contributed by atoms with van der Waals surface area (Å²) in [5, 5.41) is 2.88. The van der Waals surface area contributed by atoms with Crippen LogP contribution in [0.15, 0.2) is 22.7 Å². The van der Waals surface area contributed by atoms with E-state index in [2.05, 4.69) is 28.2 Å². The van der Waals surface area contributed by atoms with Crippen LogP contribution in [-0.4, -0.2) is 18.1 Å². The third-order valence-electron chi connectivity index (χ3n) is 2.68. The highest BCUT2D eigenvalue weighted by molar-refractivity contribution is 9.10. The van der Waals surface area contributed by atoms with Crippen molar-refractivity contribution in [1.82, 2.24) is 5.32 Å². The highest BCUT2D eigenvalue weighted by atomic mass is 79.9. The molecule has 0 aliphatic heterocycles. The number of ether oxygens (including phenoxy) is 1. The summed E-state index contributed by atoms with van der Waals surface area (Å²) in [6.45, 7) is 5.70. The van der Waals surface area contributed by atoms with Gasteiger partial charge in [-0.2, -0.15) is 0 Å². The Hall–Kier alpha value is -1.10. The molecule has 0 radical (unpaired) electrons. The summed E-state index contributed by atoms with van der Waals surface area (Å²) in [6, 6.07) is 4.23. The van der Waals surface area contributed by atoms with Gasteiger partial charge in [0, 0.05) is 6.04 Å². The molecule has 3 nitrogen and oxygen atoms in total. The molecule has 0 aliphatic rings. The molecule has 1 aromatic carbocycles. The van der Waals surface area contributed by atoms with E-state index in [0.29, 0.717) is 10.2 Å². The Morgan fingerprint density at radius 2 is 2.16 bits per heavy atom. The molecule has 0 aromatic heterocycles. The van der Waals surface area contributed by atoms with E-state index < -0.39 is 6.10 Å². The van der Waals surface area contributed by atoms with Crippen LogP contribution in [0, 0.1) is 5.82 Å².